The van der Waals surface area contributed by atoms with E-state index < -0.39 is 0 Å². The van der Waals surface area contributed by atoms with Gasteiger partial charge in [0.15, 0.2) is 0 Å². The molecule has 0 spiro atoms. The number of nitrogens with zero attached hydrogens (tertiary/aromatic N) is 1. The van der Waals surface area contributed by atoms with Crippen LogP contribution in [0.1, 0.15) is 40.0 Å². The highest BCUT2D eigenvalue weighted by Gasteiger charge is 2.34. The molecule has 0 aliphatic carbocycles. The zero-order valence-electron chi connectivity index (χ0n) is 12.2. The highest BCUT2D eigenvalue weighted by atomic mass is 16.2. The number of likely N-dealkylation sites (N-methyl/N-ethyl adjacent to an activating group) is 1. The van der Waals surface area contributed by atoms with Gasteiger partial charge in [0.1, 0.15) is 0 Å². The second kappa shape index (κ2) is 7.74. The van der Waals surface area contributed by atoms with Crippen LogP contribution in [-0.2, 0) is 4.79 Å². The van der Waals surface area contributed by atoms with E-state index in [9.17, 15) is 4.79 Å². The van der Waals surface area contributed by atoms with Gasteiger partial charge in [0.25, 0.3) is 0 Å². The van der Waals surface area contributed by atoms with Crippen LogP contribution in [0.5, 0.6) is 0 Å². The van der Waals surface area contributed by atoms with E-state index >= 15 is 0 Å². The fourth-order valence-electron chi connectivity index (χ4n) is 2.54. The van der Waals surface area contributed by atoms with Gasteiger partial charge in [-0.3, -0.25) is 4.79 Å². The van der Waals surface area contributed by atoms with Gasteiger partial charge < -0.3 is 15.5 Å². The van der Waals surface area contributed by atoms with Crippen LogP contribution >= 0.6 is 0 Å². The van der Waals surface area contributed by atoms with Gasteiger partial charge in [-0.05, 0) is 45.8 Å². The average Bonchev–Trinajstić information content (AvgIpc) is 2.38. The maximum atomic E-state index is 12.2. The molecule has 1 aliphatic heterocycles. The number of piperidine rings is 1. The summed E-state index contributed by atoms with van der Waals surface area (Å²) >= 11 is 0. The van der Waals surface area contributed by atoms with Gasteiger partial charge in [-0.2, -0.15) is 0 Å². The molecule has 1 saturated heterocycles. The van der Waals surface area contributed by atoms with Crippen LogP contribution < -0.4 is 10.6 Å². The first-order valence-electron chi connectivity index (χ1n) is 7.33. The Morgan fingerprint density at radius 2 is 2.17 bits per heavy atom. The summed E-state index contributed by atoms with van der Waals surface area (Å²) in [4.78, 5) is 14.6. The van der Waals surface area contributed by atoms with Crippen LogP contribution in [0.15, 0.2) is 0 Å². The molecular formula is C14H29N3O. The van der Waals surface area contributed by atoms with Gasteiger partial charge in [-0.15, -0.1) is 0 Å². The maximum absolute atomic E-state index is 12.2. The first kappa shape index (κ1) is 15.4. The first-order chi connectivity index (χ1) is 8.62. The Labute approximate surface area is 111 Å². The molecule has 0 saturated carbocycles. The van der Waals surface area contributed by atoms with Crippen molar-refractivity contribution in [2.75, 3.05) is 39.3 Å². The number of rotatable bonds is 7. The molecule has 4 nitrogen and oxygen atoms in total. The summed E-state index contributed by atoms with van der Waals surface area (Å²) < 4.78 is 0. The highest BCUT2D eigenvalue weighted by molar-refractivity contribution is 5.82. The lowest BCUT2D eigenvalue weighted by Gasteiger charge is -2.33. The summed E-state index contributed by atoms with van der Waals surface area (Å²) in [5, 5.41) is 6.41. The van der Waals surface area contributed by atoms with Gasteiger partial charge in [-0.25, -0.2) is 0 Å². The summed E-state index contributed by atoms with van der Waals surface area (Å²) in [5.74, 6) is 0.210. The Balaban J connectivity index is 2.27. The summed E-state index contributed by atoms with van der Waals surface area (Å²) in [6, 6.07) is 0. The zero-order valence-corrected chi connectivity index (χ0v) is 12.2. The highest BCUT2D eigenvalue weighted by Crippen LogP contribution is 2.25. The van der Waals surface area contributed by atoms with E-state index in [1.165, 1.54) is 6.42 Å². The molecule has 0 aromatic rings. The summed E-state index contributed by atoms with van der Waals surface area (Å²) in [5.41, 5.74) is -0.208. The third-order valence-electron chi connectivity index (χ3n) is 3.85. The lowest BCUT2D eigenvalue weighted by atomic mass is 9.82. The largest absolute Gasteiger partial charge is 0.354 e. The van der Waals surface area contributed by atoms with E-state index in [-0.39, 0.29) is 11.3 Å². The van der Waals surface area contributed by atoms with Crippen LogP contribution in [0.25, 0.3) is 0 Å². The standard InChI is InChI=1S/C14H29N3O/c1-4-10-17(5-2)11-9-16-13(18)14(3)7-6-8-15-12-14/h15H,4-12H2,1-3H3,(H,16,18). The van der Waals surface area contributed by atoms with E-state index in [4.69, 9.17) is 0 Å². The van der Waals surface area contributed by atoms with E-state index in [2.05, 4.69) is 36.3 Å². The van der Waals surface area contributed by atoms with Crippen LogP contribution in [0.2, 0.25) is 0 Å². The Kier molecular flexibility index (Phi) is 6.65. The second-order valence-electron chi connectivity index (χ2n) is 5.53. The second-order valence-corrected chi connectivity index (χ2v) is 5.53. The van der Waals surface area contributed by atoms with Crippen LogP contribution in [0, 0.1) is 5.41 Å². The van der Waals surface area contributed by atoms with Crippen molar-refractivity contribution in [1.29, 1.82) is 0 Å². The van der Waals surface area contributed by atoms with Crippen molar-refractivity contribution in [3.63, 3.8) is 0 Å². The molecule has 1 aliphatic rings. The predicted octanol–water partition coefficient (Wildman–Crippen LogP) is 1.22. The van der Waals surface area contributed by atoms with Crippen molar-refractivity contribution in [2.45, 2.75) is 40.0 Å². The Morgan fingerprint density at radius 1 is 1.39 bits per heavy atom. The molecule has 4 heteroatoms. The van der Waals surface area contributed by atoms with Crippen molar-refractivity contribution in [2.24, 2.45) is 5.41 Å². The monoisotopic (exact) mass is 255 g/mol. The number of carbonyl (C=O) groups excluding carboxylic acids is 1. The minimum Gasteiger partial charge on any atom is -0.354 e. The molecule has 1 unspecified atom stereocenters. The zero-order chi connectivity index (χ0) is 13.4. The van der Waals surface area contributed by atoms with Gasteiger partial charge in [0.05, 0.1) is 5.41 Å². The minimum absolute atomic E-state index is 0.208. The number of nitrogens with one attached hydrogen (secondary N) is 2. The molecule has 0 radical (unpaired) electrons. The summed E-state index contributed by atoms with van der Waals surface area (Å²) in [6.07, 6.45) is 3.27. The maximum Gasteiger partial charge on any atom is 0.227 e. The molecule has 1 atom stereocenters. The fourth-order valence-corrected chi connectivity index (χ4v) is 2.54. The smallest absolute Gasteiger partial charge is 0.227 e. The third-order valence-corrected chi connectivity index (χ3v) is 3.85. The lowest BCUT2D eigenvalue weighted by Crippen LogP contribution is -2.49. The summed E-state index contributed by atoms with van der Waals surface area (Å²) in [7, 11) is 0. The van der Waals surface area contributed by atoms with Gasteiger partial charge in [-0.1, -0.05) is 13.8 Å². The first-order valence-corrected chi connectivity index (χ1v) is 7.33. The molecule has 106 valence electrons. The van der Waals surface area contributed by atoms with Crippen molar-refractivity contribution in [1.82, 2.24) is 15.5 Å². The quantitative estimate of drug-likeness (QED) is 0.719. The van der Waals surface area contributed by atoms with Gasteiger partial charge in [0.2, 0.25) is 5.91 Å². The van der Waals surface area contributed by atoms with Crippen molar-refractivity contribution in [3.8, 4) is 0 Å². The molecule has 0 aromatic heterocycles. The van der Waals surface area contributed by atoms with Crippen LogP contribution in [0.4, 0.5) is 0 Å². The fraction of sp³-hybridized carbons (Fsp3) is 0.929. The van der Waals surface area contributed by atoms with E-state index in [1.807, 2.05) is 0 Å². The van der Waals surface area contributed by atoms with Crippen molar-refractivity contribution < 1.29 is 4.79 Å². The summed E-state index contributed by atoms with van der Waals surface area (Å²) in [6.45, 7) is 12.2. The molecular weight excluding hydrogens is 226 g/mol. The minimum atomic E-state index is -0.208. The number of carbonyl (C=O) groups is 1. The number of amides is 1. The van der Waals surface area contributed by atoms with Crippen LogP contribution in [-0.4, -0.2) is 50.1 Å². The Morgan fingerprint density at radius 3 is 2.72 bits per heavy atom. The van der Waals surface area contributed by atoms with E-state index in [0.29, 0.717) is 0 Å². The Bertz CT molecular complexity index is 249. The van der Waals surface area contributed by atoms with Crippen molar-refractivity contribution in [3.05, 3.63) is 0 Å². The molecule has 18 heavy (non-hydrogen) atoms. The molecule has 1 rings (SSSR count). The molecule has 1 amide bonds. The van der Waals surface area contributed by atoms with Crippen LogP contribution in [0.3, 0.4) is 0 Å². The molecule has 0 bridgehead atoms. The molecule has 2 N–H and O–H groups in total. The molecule has 1 heterocycles. The molecule has 1 fully saturated rings. The van der Waals surface area contributed by atoms with Crippen molar-refractivity contribution >= 4 is 5.91 Å². The molecule has 0 aromatic carbocycles. The van der Waals surface area contributed by atoms with E-state index in [0.717, 1.165) is 52.1 Å². The predicted molar refractivity (Wildman–Crippen MR) is 75.6 cm³/mol. The lowest BCUT2D eigenvalue weighted by molar-refractivity contribution is -0.131. The Hall–Kier alpha value is -0.610. The SMILES string of the molecule is CCCN(CC)CCNC(=O)C1(C)CCCNC1. The average molecular weight is 255 g/mol. The van der Waals surface area contributed by atoms with Gasteiger partial charge >= 0.3 is 0 Å². The third kappa shape index (κ3) is 4.58. The number of hydrogen-bond acceptors (Lipinski definition) is 3. The van der Waals surface area contributed by atoms with E-state index in [1.54, 1.807) is 0 Å². The van der Waals surface area contributed by atoms with Gasteiger partial charge in [0, 0.05) is 19.6 Å². The number of hydrogen-bond donors (Lipinski definition) is 2. The topological polar surface area (TPSA) is 44.4 Å². The normalized spacial score (nSPS) is 24.2.